The fourth-order valence-corrected chi connectivity index (χ4v) is 1.33. The molecule has 0 aromatic carbocycles. The first kappa shape index (κ1) is 12.8. The summed E-state index contributed by atoms with van der Waals surface area (Å²) in [4.78, 5) is 3.71. The van der Waals surface area contributed by atoms with Gasteiger partial charge in [0.2, 0.25) is 0 Å². The molecule has 6 heteroatoms. The Hall–Kier alpha value is -1.30. The molecule has 0 aliphatic carbocycles. The number of hydrogen-bond donors (Lipinski definition) is 1. The minimum Gasteiger partial charge on any atom is -0.495 e. The van der Waals surface area contributed by atoms with Crippen molar-refractivity contribution >= 4 is 0 Å². The number of nitrogens with one attached hydrogen (secondary N) is 1. The lowest BCUT2D eigenvalue weighted by atomic mass is 10.1. The van der Waals surface area contributed by atoms with Gasteiger partial charge in [-0.1, -0.05) is 6.92 Å². The number of ether oxygens (including phenoxy) is 1. The second kappa shape index (κ2) is 5.16. The number of alkyl halides is 3. The van der Waals surface area contributed by atoms with Crippen LogP contribution in [0.4, 0.5) is 13.2 Å². The third-order valence-corrected chi connectivity index (χ3v) is 2.04. The highest BCUT2D eigenvalue weighted by atomic mass is 19.4. The van der Waals surface area contributed by atoms with E-state index < -0.39 is 12.2 Å². The van der Waals surface area contributed by atoms with Crippen LogP contribution in [0, 0.1) is 0 Å². The fourth-order valence-electron chi connectivity index (χ4n) is 1.33. The van der Waals surface area contributed by atoms with E-state index in [1.54, 1.807) is 6.92 Å². The number of methoxy groups -OCH3 is 1. The van der Waals surface area contributed by atoms with Crippen LogP contribution >= 0.6 is 0 Å². The van der Waals surface area contributed by atoms with Crippen molar-refractivity contribution in [2.24, 2.45) is 0 Å². The van der Waals surface area contributed by atoms with Gasteiger partial charge in [-0.05, 0) is 12.6 Å². The molecule has 0 spiro atoms. The van der Waals surface area contributed by atoms with E-state index in [0.717, 1.165) is 0 Å². The molecule has 0 saturated heterocycles. The predicted octanol–water partition coefficient (Wildman–Crippen LogP) is 2.30. The smallest absolute Gasteiger partial charge is 0.407 e. The molecule has 0 bridgehead atoms. The average molecular weight is 234 g/mol. The summed E-state index contributed by atoms with van der Waals surface area (Å²) in [5.41, 5.74) is 0.0497. The summed E-state index contributed by atoms with van der Waals surface area (Å²) < 4.78 is 42.9. The topological polar surface area (TPSA) is 34.2 Å². The first-order valence-corrected chi connectivity index (χ1v) is 4.78. The maximum atomic E-state index is 12.7. The second-order valence-electron chi connectivity index (χ2n) is 3.19. The quantitative estimate of drug-likeness (QED) is 0.868. The van der Waals surface area contributed by atoms with Gasteiger partial charge in [-0.15, -0.1) is 0 Å². The lowest BCUT2D eigenvalue weighted by molar-refractivity contribution is -0.157. The highest BCUT2D eigenvalue weighted by Gasteiger charge is 2.40. The Balaban J connectivity index is 3.01. The minimum atomic E-state index is -4.34. The van der Waals surface area contributed by atoms with Crippen molar-refractivity contribution in [1.82, 2.24) is 10.3 Å². The number of hydrogen-bond acceptors (Lipinski definition) is 3. The Labute approximate surface area is 91.6 Å². The standard InChI is InChI=1S/C10H13F3N2O/c1-3-15-9(10(11,12)13)7-4-8(16-2)6-14-5-7/h4-6,9,15H,3H2,1-2H3. The average Bonchev–Trinajstić information content (AvgIpc) is 2.24. The third kappa shape index (κ3) is 3.10. The lowest BCUT2D eigenvalue weighted by Gasteiger charge is -2.21. The van der Waals surface area contributed by atoms with Crippen molar-refractivity contribution in [2.45, 2.75) is 19.1 Å². The molecule has 16 heavy (non-hydrogen) atoms. The Morgan fingerprint density at radius 1 is 1.44 bits per heavy atom. The Morgan fingerprint density at radius 2 is 2.12 bits per heavy atom. The van der Waals surface area contributed by atoms with Gasteiger partial charge in [-0.25, -0.2) is 0 Å². The van der Waals surface area contributed by atoms with E-state index in [4.69, 9.17) is 4.74 Å². The Bertz CT molecular complexity index is 341. The third-order valence-electron chi connectivity index (χ3n) is 2.04. The van der Waals surface area contributed by atoms with Gasteiger partial charge in [0.1, 0.15) is 11.8 Å². The molecule has 1 atom stereocenters. The van der Waals surface area contributed by atoms with E-state index in [9.17, 15) is 13.2 Å². The second-order valence-corrected chi connectivity index (χ2v) is 3.19. The summed E-state index contributed by atoms with van der Waals surface area (Å²) in [5.74, 6) is 0.310. The van der Waals surface area contributed by atoms with Gasteiger partial charge in [0.05, 0.1) is 13.3 Å². The molecule has 1 unspecified atom stereocenters. The van der Waals surface area contributed by atoms with Gasteiger partial charge < -0.3 is 10.1 Å². The van der Waals surface area contributed by atoms with E-state index in [1.165, 1.54) is 25.6 Å². The molecule has 0 amide bonds. The molecule has 0 saturated carbocycles. The molecule has 1 heterocycles. The molecule has 1 rings (SSSR count). The molecule has 1 aromatic rings. The zero-order valence-corrected chi connectivity index (χ0v) is 9.01. The van der Waals surface area contributed by atoms with Crippen LogP contribution in [0.15, 0.2) is 18.5 Å². The van der Waals surface area contributed by atoms with Gasteiger partial charge in [0, 0.05) is 11.8 Å². The van der Waals surface area contributed by atoms with Crippen LogP contribution in [0.3, 0.4) is 0 Å². The predicted molar refractivity (Wildman–Crippen MR) is 53.3 cm³/mol. The highest BCUT2D eigenvalue weighted by Crippen LogP contribution is 2.33. The first-order valence-electron chi connectivity index (χ1n) is 4.78. The molecule has 0 radical (unpaired) electrons. The van der Waals surface area contributed by atoms with Crippen molar-refractivity contribution in [2.75, 3.05) is 13.7 Å². The highest BCUT2D eigenvalue weighted by molar-refractivity contribution is 5.26. The monoisotopic (exact) mass is 234 g/mol. The van der Waals surface area contributed by atoms with E-state index in [2.05, 4.69) is 10.3 Å². The minimum absolute atomic E-state index is 0.0497. The van der Waals surface area contributed by atoms with Crippen molar-refractivity contribution in [3.05, 3.63) is 24.0 Å². The van der Waals surface area contributed by atoms with Crippen LogP contribution in [0.25, 0.3) is 0 Å². The van der Waals surface area contributed by atoms with Crippen LogP contribution < -0.4 is 10.1 Å². The van der Waals surface area contributed by atoms with Gasteiger partial charge in [-0.3, -0.25) is 4.98 Å². The van der Waals surface area contributed by atoms with Gasteiger partial charge in [0.25, 0.3) is 0 Å². The maximum absolute atomic E-state index is 12.7. The van der Waals surface area contributed by atoms with Crippen LogP contribution in [-0.4, -0.2) is 24.8 Å². The number of rotatable bonds is 4. The van der Waals surface area contributed by atoms with Gasteiger partial charge in [0.15, 0.2) is 0 Å². The van der Waals surface area contributed by atoms with Crippen molar-refractivity contribution in [3.63, 3.8) is 0 Å². The summed E-state index contributed by atoms with van der Waals surface area (Å²) in [7, 11) is 1.39. The lowest BCUT2D eigenvalue weighted by Crippen LogP contribution is -2.34. The molecule has 0 aliphatic heterocycles. The van der Waals surface area contributed by atoms with E-state index >= 15 is 0 Å². The number of pyridine rings is 1. The van der Waals surface area contributed by atoms with Crippen LogP contribution in [0.2, 0.25) is 0 Å². The van der Waals surface area contributed by atoms with Crippen molar-refractivity contribution < 1.29 is 17.9 Å². The summed E-state index contributed by atoms with van der Waals surface area (Å²) in [6.45, 7) is 1.84. The van der Waals surface area contributed by atoms with Gasteiger partial charge in [-0.2, -0.15) is 13.2 Å². The number of halogens is 3. The van der Waals surface area contributed by atoms with E-state index in [0.29, 0.717) is 5.75 Å². The molecule has 90 valence electrons. The maximum Gasteiger partial charge on any atom is 0.407 e. The summed E-state index contributed by atoms with van der Waals surface area (Å²) >= 11 is 0. The normalized spacial score (nSPS) is 13.6. The zero-order chi connectivity index (χ0) is 12.2. The SMILES string of the molecule is CCNC(c1cncc(OC)c1)C(F)(F)F. The van der Waals surface area contributed by atoms with E-state index in [-0.39, 0.29) is 12.1 Å². The molecular formula is C10H13F3N2O. The molecule has 1 N–H and O–H groups in total. The van der Waals surface area contributed by atoms with Crippen LogP contribution in [0.5, 0.6) is 5.75 Å². The van der Waals surface area contributed by atoms with E-state index in [1.807, 2.05) is 0 Å². The van der Waals surface area contributed by atoms with Crippen LogP contribution in [0.1, 0.15) is 18.5 Å². The molecule has 0 aliphatic rings. The molecule has 0 fully saturated rings. The number of aromatic nitrogens is 1. The summed E-state index contributed by atoms with van der Waals surface area (Å²) in [5, 5.41) is 2.37. The first-order chi connectivity index (χ1) is 7.49. The molecule has 1 aromatic heterocycles. The van der Waals surface area contributed by atoms with Crippen molar-refractivity contribution in [1.29, 1.82) is 0 Å². The molecule has 3 nitrogen and oxygen atoms in total. The van der Waals surface area contributed by atoms with Crippen molar-refractivity contribution in [3.8, 4) is 5.75 Å². The van der Waals surface area contributed by atoms with Gasteiger partial charge >= 0.3 is 6.18 Å². The Morgan fingerprint density at radius 3 is 2.62 bits per heavy atom. The fraction of sp³-hybridized carbons (Fsp3) is 0.500. The summed E-state index contributed by atoms with van der Waals surface area (Å²) in [6.07, 6.45) is -1.80. The van der Waals surface area contributed by atoms with Crippen LogP contribution in [-0.2, 0) is 0 Å². The summed E-state index contributed by atoms with van der Waals surface area (Å²) in [6, 6.07) is -0.381. The molecular weight excluding hydrogens is 221 g/mol. The Kier molecular flexibility index (Phi) is 4.12. The zero-order valence-electron chi connectivity index (χ0n) is 9.01. The number of nitrogens with zero attached hydrogens (tertiary/aromatic N) is 1. The largest absolute Gasteiger partial charge is 0.495 e.